The zero-order valence-corrected chi connectivity index (χ0v) is 43.4. The molecule has 1 aliphatic heterocycles. The van der Waals surface area contributed by atoms with Crippen LogP contribution in [-0.4, -0.2) is 166 Å². The van der Waals surface area contributed by atoms with Crippen LogP contribution >= 0.6 is 0 Å². The molecule has 1 aliphatic rings. The predicted molar refractivity (Wildman–Crippen MR) is 257 cm³/mol. The third-order valence-corrected chi connectivity index (χ3v) is 9.63. The molecule has 1 aromatic rings. The van der Waals surface area contributed by atoms with Crippen LogP contribution in [0.25, 0.3) is 0 Å². The predicted octanol–water partition coefficient (Wildman–Crippen LogP) is 8.71. The van der Waals surface area contributed by atoms with Crippen molar-refractivity contribution in [3.05, 3.63) is 35.4 Å². The molecule has 1 fully saturated rings. The van der Waals surface area contributed by atoms with E-state index < -0.39 is 58.5 Å². The van der Waals surface area contributed by atoms with E-state index in [0.29, 0.717) is 104 Å². The molecule has 2 N–H and O–H groups in total. The summed E-state index contributed by atoms with van der Waals surface area (Å²) < 4.78 is 28.8. The van der Waals surface area contributed by atoms with Crippen LogP contribution in [0.1, 0.15) is 141 Å². The highest BCUT2D eigenvalue weighted by Crippen LogP contribution is 2.19. The molecule has 1 heterocycles. The Morgan fingerprint density at radius 3 is 1.23 bits per heavy atom. The lowest BCUT2D eigenvalue weighted by molar-refractivity contribution is 0.0101. The molecule has 378 valence electrons. The van der Waals surface area contributed by atoms with Gasteiger partial charge in [-0.3, -0.25) is 4.90 Å². The molecule has 17 nitrogen and oxygen atoms in total. The van der Waals surface area contributed by atoms with Crippen molar-refractivity contribution >= 4 is 30.5 Å². The number of carbonyl (C=O) groups is 5. The number of benzene rings is 1. The molecule has 0 unspecified atom stereocenters. The van der Waals surface area contributed by atoms with Gasteiger partial charge in [0.15, 0.2) is 0 Å². The Balaban J connectivity index is 2.37. The van der Waals surface area contributed by atoms with Crippen LogP contribution in [0.15, 0.2) is 24.3 Å². The van der Waals surface area contributed by atoms with Crippen molar-refractivity contribution in [3.8, 4) is 0 Å². The number of carbonyl (C=O) groups excluding carboxylic acids is 5. The lowest BCUT2D eigenvalue weighted by atomic mass is 10.1. The Kier molecular flexibility index (Phi) is 22.3. The summed E-state index contributed by atoms with van der Waals surface area (Å²) in [5.41, 5.74) is 4.23. The molecule has 66 heavy (non-hydrogen) atoms. The molecule has 1 saturated heterocycles. The fourth-order valence-electron chi connectivity index (χ4n) is 6.72. The number of nitrogens with zero attached hydrogens (tertiary/aromatic N) is 6. The highest BCUT2D eigenvalue weighted by molar-refractivity contribution is 5.70. The first-order chi connectivity index (χ1) is 30.3. The Labute approximate surface area is 396 Å². The van der Waals surface area contributed by atoms with Crippen LogP contribution in [0.5, 0.6) is 0 Å². The second-order valence-corrected chi connectivity index (χ2v) is 22.1. The summed E-state index contributed by atoms with van der Waals surface area (Å²) in [6.45, 7) is 32.8. The molecule has 17 heteroatoms. The van der Waals surface area contributed by atoms with E-state index in [1.54, 1.807) is 24.5 Å². The average Bonchev–Trinajstić information content (AvgIpc) is 3.13. The van der Waals surface area contributed by atoms with Gasteiger partial charge in [0.05, 0.1) is 0 Å². The number of ether oxygens (including phenoxy) is 5. The van der Waals surface area contributed by atoms with Crippen LogP contribution in [-0.2, 0) is 36.8 Å². The monoisotopic (exact) mass is 934 g/mol. The van der Waals surface area contributed by atoms with Gasteiger partial charge in [-0.05, 0) is 147 Å². The number of nitrogens with two attached hydrogens (primary N) is 1. The highest BCUT2D eigenvalue weighted by atomic mass is 16.6. The van der Waals surface area contributed by atoms with E-state index >= 15 is 0 Å². The number of hydrogen-bond donors (Lipinski definition) is 1. The summed E-state index contributed by atoms with van der Waals surface area (Å²) in [5, 5.41) is 0. The minimum Gasteiger partial charge on any atom is -0.444 e. The zero-order valence-electron chi connectivity index (χ0n) is 43.4. The van der Waals surface area contributed by atoms with E-state index in [1.165, 1.54) is 0 Å². The van der Waals surface area contributed by atoms with Crippen LogP contribution < -0.4 is 5.73 Å². The third kappa shape index (κ3) is 24.9. The van der Waals surface area contributed by atoms with Crippen molar-refractivity contribution in [2.24, 2.45) is 5.73 Å². The molecule has 0 spiro atoms. The summed E-state index contributed by atoms with van der Waals surface area (Å²) in [6, 6.07) is 8.07. The highest BCUT2D eigenvalue weighted by Gasteiger charge is 2.29. The maximum absolute atomic E-state index is 13.6. The van der Waals surface area contributed by atoms with Crippen LogP contribution in [0, 0.1) is 0 Å². The number of amides is 5. The number of hydrogen-bond acceptors (Lipinski definition) is 12. The SMILES string of the molecule is CC(C)(C)OC(=O)N(CCCN)CCCN(Cc1ccc(CN2CCCN(C(=O)OC(C)(C)C)CCN(C(=O)OC(C)(C)C)CCCN(C(=O)OC(C)(C)C)CC2)cc1)C(=O)OC(C)(C)C. The summed E-state index contributed by atoms with van der Waals surface area (Å²) in [6.07, 6.45) is -0.0462. The lowest BCUT2D eigenvalue weighted by Gasteiger charge is -2.34. The first kappa shape index (κ1) is 57.6. The van der Waals surface area contributed by atoms with Crippen molar-refractivity contribution in [2.75, 3.05) is 78.5 Å². The van der Waals surface area contributed by atoms with Crippen molar-refractivity contribution in [2.45, 2.75) is 171 Å². The fourth-order valence-corrected chi connectivity index (χ4v) is 6.72. The van der Waals surface area contributed by atoms with Crippen molar-refractivity contribution in [1.82, 2.24) is 29.4 Å². The minimum atomic E-state index is -0.715. The summed E-state index contributed by atoms with van der Waals surface area (Å²) in [7, 11) is 0. The maximum atomic E-state index is 13.6. The van der Waals surface area contributed by atoms with Gasteiger partial charge in [0.2, 0.25) is 0 Å². The van der Waals surface area contributed by atoms with E-state index in [9.17, 15) is 24.0 Å². The maximum Gasteiger partial charge on any atom is 0.410 e. The molecular weight excluding hydrogens is 847 g/mol. The largest absolute Gasteiger partial charge is 0.444 e. The van der Waals surface area contributed by atoms with Crippen molar-refractivity contribution in [1.29, 1.82) is 0 Å². The van der Waals surface area contributed by atoms with Gasteiger partial charge in [0.25, 0.3) is 0 Å². The topological polar surface area (TPSA) is 177 Å². The standard InChI is InChI=1S/C49H87N7O10/c1-45(2,3)62-40(57)52(26-16-24-50)28-19-31-56(44(61)66-49(13,14)15)37-39-22-20-38(21-23-39)36-51-25-17-27-54(42(59)64-47(7,8)9)34-35-55(43(60)65-48(10,11)12)30-18-29-53(33-32-51)41(58)63-46(4,5)6/h20-23H,16-19,24-37,50H2,1-15H3. The molecule has 0 aliphatic carbocycles. The summed E-state index contributed by atoms with van der Waals surface area (Å²) >= 11 is 0. The van der Waals surface area contributed by atoms with Crippen LogP contribution in [0.3, 0.4) is 0 Å². The third-order valence-electron chi connectivity index (χ3n) is 9.63. The van der Waals surface area contributed by atoms with Gasteiger partial charge in [0.1, 0.15) is 28.0 Å². The molecular formula is C49H87N7O10. The van der Waals surface area contributed by atoms with Crippen molar-refractivity contribution in [3.63, 3.8) is 0 Å². The Morgan fingerprint density at radius 2 is 0.818 bits per heavy atom. The fraction of sp³-hybridized carbons (Fsp3) is 0.776. The summed E-state index contributed by atoms with van der Waals surface area (Å²) in [4.78, 5) is 77.5. The first-order valence-electron chi connectivity index (χ1n) is 23.7. The van der Waals surface area contributed by atoms with E-state index in [-0.39, 0.29) is 13.1 Å². The van der Waals surface area contributed by atoms with Gasteiger partial charge in [-0.15, -0.1) is 0 Å². The Morgan fingerprint density at radius 1 is 0.470 bits per heavy atom. The number of rotatable bonds is 11. The molecule has 1 aromatic carbocycles. The van der Waals surface area contributed by atoms with Crippen molar-refractivity contribution < 1.29 is 47.7 Å². The molecule has 0 bridgehead atoms. The van der Waals surface area contributed by atoms with Gasteiger partial charge in [-0.25, -0.2) is 24.0 Å². The Hall–Kier alpha value is -4.51. The van der Waals surface area contributed by atoms with Crippen LogP contribution in [0.4, 0.5) is 24.0 Å². The molecule has 0 saturated carbocycles. The average molecular weight is 934 g/mol. The smallest absolute Gasteiger partial charge is 0.410 e. The second-order valence-electron chi connectivity index (χ2n) is 22.1. The van der Waals surface area contributed by atoms with E-state index in [4.69, 9.17) is 29.4 Å². The van der Waals surface area contributed by atoms with E-state index in [0.717, 1.165) is 11.1 Å². The van der Waals surface area contributed by atoms with Gasteiger partial charge in [0, 0.05) is 85.1 Å². The zero-order chi connectivity index (χ0) is 50.1. The summed E-state index contributed by atoms with van der Waals surface area (Å²) in [5.74, 6) is 0. The Bertz CT molecular complexity index is 1670. The van der Waals surface area contributed by atoms with E-state index in [2.05, 4.69) is 4.90 Å². The normalized spacial score (nSPS) is 15.6. The molecule has 5 amide bonds. The quantitative estimate of drug-likeness (QED) is 0.209. The second kappa shape index (κ2) is 25.6. The van der Waals surface area contributed by atoms with Gasteiger partial charge < -0.3 is 53.9 Å². The first-order valence-corrected chi connectivity index (χ1v) is 23.7. The molecule has 2 rings (SSSR count). The van der Waals surface area contributed by atoms with Crippen LogP contribution in [0.2, 0.25) is 0 Å². The molecule has 0 aromatic heterocycles. The van der Waals surface area contributed by atoms with Gasteiger partial charge >= 0.3 is 30.5 Å². The van der Waals surface area contributed by atoms with E-state index in [1.807, 2.05) is 128 Å². The van der Waals surface area contributed by atoms with Gasteiger partial charge in [-0.2, -0.15) is 0 Å². The van der Waals surface area contributed by atoms with Gasteiger partial charge in [-0.1, -0.05) is 24.3 Å². The molecule has 0 radical (unpaired) electrons. The lowest BCUT2D eigenvalue weighted by Crippen LogP contribution is -2.47. The molecule has 0 atom stereocenters. The minimum absolute atomic E-state index is 0.224.